The van der Waals surface area contributed by atoms with Gasteiger partial charge in [0, 0.05) is 32.7 Å². The lowest BCUT2D eigenvalue weighted by Gasteiger charge is -2.33. The minimum Gasteiger partial charge on any atom is -0.504 e. The van der Waals surface area contributed by atoms with E-state index >= 15 is 0 Å². The van der Waals surface area contributed by atoms with Crippen molar-refractivity contribution in [3.05, 3.63) is 58.7 Å². The zero-order valence-corrected chi connectivity index (χ0v) is 16.5. The minimum absolute atomic E-state index is 0.161. The molecule has 0 amide bonds. The molecule has 0 radical (unpaired) electrons. The average molecular weight is 367 g/mol. The van der Waals surface area contributed by atoms with E-state index in [-0.39, 0.29) is 5.75 Å². The number of aromatic hydroxyl groups is 1. The van der Waals surface area contributed by atoms with Gasteiger partial charge >= 0.3 is 0 Å². The predicted molar refractivity (Wildman–Crippen MR) is 110 cm³/mol. The molecule has 1 N–H and O–H groups in total. The van der Waals surface area contributed by atoms with Gasteiger partial charge in [-0.2, -0.15) is 5.10 Å². The fourth-order valence-corrected chi connectivity index (χ4v) is 3.31. The first-order chi connectivity index (χ1) is 13.0. The average Bonchev–Trinajstić information content (AvgIpc) is 2.66. The molecule has 1 fully saturated rings. The van der Waals surface area contributed by atoms with Crippen LogP contribution >= 0.6 is 0 Å². The third-order valence-electron chi connectivity index (χ3n) is 4.89. The molecule has 0 atom stereocenters. The van der Waals surface area contributed by atoms with E-state index in [0.29, 0.717) is 12.4 Å². The van der Waals surface area contributed by atoms with E-state index in [1.54, 1.807) is 6.07 Å². The Balaban J connectivity index is 1.53. The number of hydrazone groups is 1. The van der Waals surface area contributed by atoms with Gasteiger partial charge in [-0.15, -0.1) is 0 Å². The van der Waals surface area contributed by atoms with Crippen LogP contribution in [-0.4, -0.2) is 54.0 Å². The van der Waals surface area contributed by atoms with Crippen LogP contribution in [0.4, 0.5) is 0 Å². The van der Waals surface area contributed by atoms with Gasteiger partial charge in [0.25, 0.3) is 0 Å². The maximum atomic E-state index is 9.78. The van der Waals surface area contributed by atoms with E-state index in [1.165, 1.54) is 16.7 Å². The molecule has 2 aromatic rings. The van der Waals surface area contributed by atoms with Crippen molar-refractivity contribution in [3.63, 3.8) is 0 Å². The summed E-state index contributed by atoms with van der Waals surface area (Å²) < 4.78 is 5.42. The van der Waals surface area contributed by atoms with Crippen molar-refractivity contribution in [2.75, 3.05) is 32.8 Å². The highest BCUT2D eigenvalue weighted by molar-refractivity contribution is 5.80. The van der Waals surface area contributed by atoms with E-state index in [9.17, 15) is 5.11 Å². The van der Waals surface area contributed by atoms with Crippen LogP contribution in [0.1, 0.15) is 29.2 Å². The molecule has 0 bridgehead atoms. The molecule has 0 unspecified atom stereocenters. The van der Waals surface area contributed by atoms with Crippen LogP contribution in [0.2, 0.25) is 0 Å². The number of hydrogen-bond acceptors (Lipinski definition) is 5. The summed E-state index contributed by atoms with van der Waals surface area (Å²) in [5.41, 5.74) is 5.02. The maximum Gasteiger partial charge on any atom is 0.161 e. The SMILES string of the molecule is CCOc1cc(C=NN2CCN(Cc3ccc(C)cc3C)CC2)ccc1O. The Hall–Kier alpha value is -2.53. The summed E-state index contributed by atoms with van der Waals surface area (Å²) in [5.74, 6) is 0.661. The number of benzene rings is 2. The second-order valence-corrected chi connectivity index (χ2v) is 7.06. The summed E-state index contributed by atoms with van der Waals surface area (Å²) >= 11 is 0. The number of rotatable bonds is 6. The van der Waals surface area contributed by atoms with Gasteiger partial charge in [0.2, 0.25) is 0 Å². The van der Waals surface area contributed by atoms with Crippen molar-refractivity contribution in [1.29, 1.82) is 0 Å². The van der Waals surface area contributed by atoms with Crippen molar-refractivity contribution in [2.45, 2.75) is 27.3 Å². The normalized spacial score (nSPS) is 15.4. The van der Waals surface area contributed by atoms with Crippen molar-refractivity contribution in [1.82, 2.24) is 9.91 Å². The number of piperazine rings is 1. The van der Waals surface area contributed by atoms with E-state index in [1.807, 2.05) is 25.3 Å². The molecular formula is C22H29N3O2. The van der Waals surface area contributed by atoms with Gasteiger partial charge in [0.1, 0.15) is 0 Å². The number of nitrogens with zero attached hydrogens (tertiary/aromatic N) is 3. The lowest BCUT2D eigenvalue weighted by atomic mass is 10.1. The molecular weight excluding hydrogens is 338 g/mol. The summed E-state index contributed by atoms with van der Waals surface area (Å²) in [6.45, 7) is 11.6. The summed E-state index contributed by atoms with van der Waals surface area (Å²) in [7, 11) is 0. The van der Waals surface area contributed by atoms with Crippen molar-refractivity contribution >= 4 is 6.21 Å². The highest BCUT2D eigenvalue weighted by atomic mass is 16.5. The minimum atomic E-state index is 0.161. The largest absolute Gasteiger partial charge is 0.504 e. The van der Waals surface area contributed by atoms with Gasteiger partial charge in [0.05, 0.1) is 12.8 Å². The fourth-order valence-electron chi connectivity index (χ4n) is 3.31. The van der Waals surface area contributed by atoms with Crippen molar-refractivity contribution in [2.24, 2.45) is 5.10 Å². The van der Waals surface area contributed by atoms with Crippen LogP contribution in [0.15, 0.2) is 41.5 Å². The summed E-state index contributed by atoms with van der Waals surface area (Å²) in [5, 5.41) is 16.5. The molecule has 0 aliphatic carbocycles. The maximum absolute atomic E-state index is 9.78. The Morgan fingerprint density at radius 2 is 1.85 bits per heavy atom. The highest BCUT2D eigenvalue weighted by Crippen LogP contribution is 2.26. The number of hydrogen-bond donors (Lipinski definition) is 1. The summed E-state index contributed by atoms with van der Waals surface area (Å²) in [6.07, 6.45) is 1.84. The second kappa shape index (κ2) is 8.91. The monoisotopic (exact) mass is 367 g/mol. The summed E-state index contributed by atoms with van der Waals surface area (Å²) in [4.78, 5) is 2.48. The third-order valence-corrected chi connectivity index (χ3v) is 4.89. The molecule has 1 aliphatic heterocycles. The van der Waals surface area contributed by atoms with Gasteiger partial charge in [-0.1, -0.05) is 23.8 Å². The number of phenols is 1. The molecule has 1 aliphatic rings. The van der Waals surface area contributed by atoms with Gasteiger partial charge in [-0.05, 0) is 55.7 Å². The lowest BCUT2D eigenvalue weighted by Crippen LogP contribution is -2.43. The third kappa shape index (κ3) is 5.23. The molecule has 5 nitrogen and oxygen atoms in total. The Kier molecular flexibility index (Phi) is 6.35. The zero-order valence-electron chi connectivity index (χ0n) is 16.5. The first kappa shape index (κ1) is 19.2. The van der Waals surface area contributed by atoms with Crippen LogP contribution < -0.4 is 4.74 Å². The van der Waals surface area contributed by atoms with Gasteiger partial charge in [-0.3, -0.25) is 9.91 Å². The van der Waals surface area contributed by atoms with Crippen LogP contribution in [0.3, 0.4) is 0 Å². The molecule has 0 spiro atoms. The number of ether oxygens (including phenoxy) is 1. The second-order valence-electron chi connectivity index (χ2n) is 7.06. The van der Waals surface area contributed by atoms with Crippen LogP contribution in [0, 0.1) is 13.8 Å². The van der Waals surface area contributed by atoms with Crippen molar-refractivity contribution in [3.8, 4) is 11.5 Å². The van der Waals surface area contributed by atoms with E-state index in [2.05, 4.69) is 47.1 Å². The first-order valence-corrected chi connectivity index (χ1v) is 9.58. The van der Waals surface area contributed by atoms with Crippen LogP contribution in [-0.2, 0) is 6.54 Å². The highest BCUT2D eigenvalue weighted by Gasteiger charge is 2.16. The first-order valence-electron chi connectivity index (χ1n) is 9.58. The zero-order chi connectivity index (χ0) is 19.2. The number of aryl methyl sites for hydroxylation is 2. The Bertz CT molecular complexity index is 796. The molecule has 0 aromatic heterocycles. The standard InChI is InChI=1S/C22H29N3O2/c1-4-27-22-14-19(6-8-21(22)26)15-23-25-11-9-24(10-12-25)16-20-7-5-17(2)13-18(20)3/h5-8,13-15,26H,4,9-12,16H2,1-3H3. The molecule has 5 heteroatoms. The molecule has 0 saturated carbocycles. The lowest BCUT2D eigenvalue weighted by molar-refractivity contribution is 0.131. The molecule has 3 rings (SSSR count). The van der Waals surface area contributed by atoms with E-state index in [4.69, 9.17) is 4.74 Å². The van der Waals surface area contributed by atoms with Crippen molar-refractivity contribution < 1.29 is 9.84 Å². The molecule has 2 aromatic carbocycles. The molecule has 27 heavy (non-hydrogen) atoms. The molecule has 144 valence electrons. The predicted octanol–water partition coefficient (Wildman–Crippen LogP) is 3.56. The topological polar surface area (TPSA) is 48.3 Å². The van der Waals surface area contributed by atoms with Crippen LogP contribution in [0.25, 0.3) is 0 Å². The summed E-state index contributed by atoms with van der Waals surface area (Å²) in [6, 6.07) is 12.0. The molecule has 1 heterocycles. The molecule has 1 saturated heterocycles. The van der Waals surface area contributed by atoms with Gasteiger partial charge < -0.3 is 9.84 Å². The van der Waals surface area contributed by atoms with Gasteiger partial charge in [0.15, 0.2) is 11.5 Å². The quantitative estimate of drug-likeness (QED) is 0.793. The van der Waals surface area contributed by atoms with Crippen LogP contribution in [0.5, 0.6) is 11.5 Å². The smallest absolute Gasteiger partial charge is 0.161 e. The van der Waals surface area contributed by atoms with Gasteiger partial charge in [-0.25, -0.2) is 0 Å². The Labute approximate surface area is 161 Å². The fraction of sp³-hybridized carbons (Fsp3) is 0.409. The van der Waals surface area contributed by atoms with E-state index < -0.39 is 0 Å². The Morgan fingerprint density at radius 3 is 2.56 bits per heavy atom. The van der Waals surface area contributed by atoms with E-state index in [0.717, 1.165) is 38.3 Å². The Morgan fingerprint density at radius 1 is 1.07 bits per heavy atom. The number of phenolic OH excluding ortho intramolecular Hbond substituents is 1.